The van der Waals surface area contributed by atoms with Crippen molar-refractivity contribution in [2.24, 2.45) is 5.16 Å². The van der Waals surface area contributed by atoms with Gasteiger partial charge in [-0.05, 0) is 48.5 Å². The molecule has 0 atom stereocenters. The minimum atomic E-state index is -1.39. The summed E-state index contributed by atoms with van der Waals surface area (Å²) in [6.07, 6.45) is 1.30. The molecule has 232 valence electrons. The van der Waals surface area contributed by atoms with Gasteiger partial charge in [0.15, 0.2) is 5.13 Å². The van der Waals surface area contributed by atoms with E-state index >= 15 is 0 Å². The highest BCUT2D eigenvalue weighted by Crippen LogP contribution is 2.40. The van der Waals surface area contributed by atoms with Crippen molar-refractivity contribution in [3.63, 3.8) is 0 Å². The lowest BCUT2D eigenvalue weighted by Gasteiger charge is -2.36. The van der Waals surface area contributed by atoms with Crippen LogP contribution in [0.5, 0.6) is 0 Å². The average Bonchev–Trinajstić information content (AvgIpc) is 3.79. The smallest absolute Gasteiger partial charge is 0.400 e. The maximum Gasteiger partial charge on any atom is 0.400 e. The Morgan fingerprint density at radius 2 is 1.36 bits per heavy atom. The molecule has 0 saturated carbocycles. The summed E-state index contributed by atoms with van der Waals surface area (Å²) in [5.74, 6) is -2.41. The summed E-state index contributed by atoms with van der Waals surface area (Å²) < 4.78 is 4.96. The number of nitrogens with zero attached hydrogens (tertiary/aromatic N) is 3. The highest BCUT2D eigenvalue weighted by atomic mass is 32.1. The standard InChI is InChI=1S/C29H21N3O5S.C6H15N/c33-26(34)25(32-37-27(35)24-17-10-18-36-24)23-19-38-28(30-23)31-29(20-11-4-1-5-12-20,21-13-6-2-7-14-21)22-15-8-3-9-16-22;1-4-7(5-2)6-3/h1-19H,(H,30,31)(H,33,34);4-6H2,1-3H3. The van der Waals surface area contributed by atoms with E-state index in [9.17, 15) is 14.7 Å². The monoisotopic (exact) mass is 624 g/mol. The Morgan fingerprint density at radius 1 is 0.844 bits per heavy atom. The van der Waals surface area contributed by atoms with Crippen LogP contribution < -0.4 is 5.32 Å². The van der Waals surface area contributed by atoms with Crippen molar-refractivity contribution < 1.29 is 24.0 Å². The summed E-state index contributed by atoms with van der Waals surface area (Å²) in [6, 6.07) is 32.7. The summed E-state index contributed by atoms with van der Waals surface area (Å²) in [4.78, 5) is 35.7. The van der Waals surface area contributed by atoms with Crippen LogP contribution in [0.2, 0.25) is 0 Å². The zero-order valence-electron chi connectivity index (χ0n) is 25.4. The molecule has 0 aliphatic heterocycles. The average molecular weight is 625 g/mol. The lowest BCUT2D eigenvalue weighted by atomic mass is 9.77. The number of thiazole rings is 1. The number of hydrogen-bond acceptors (Lipinski definition) is 9. The predicted molar refractivity (Wildman–Crippen MR) is 177 cm³/mol. The van der Waals surface area contributed by atoms with Gasteiger partial charge >= 0.3 is 11.9 Å². The molecule has 2 aromatic heterocycles. The Hall–Kier alpha value is -5.06. The molecule has 0 aliphatic carbocycles. The third-order valence-corrected chi connectivity index (χ3v) is 7.91. The van der Waals surface area contributed by atoms with Gasteiger partial charge in [0.2, 0.25) is 11.5 Å². The molecule has 0 unspecified atom stereocenters. The van der Waals surface area contributed by atoms with Crippen molar-refractivity contribution in [2.75, 3.05) is 25.0 Å². The van der Waals surface area contributed by atoms with Crippen LogP contribution in [-0.2, 0) is 15.2 Å². The first-order valence-corrected chi connectivity index (χ1v) is 15.5. The topological polar surface area (TPSA) is 117 Å². The fraction of sp³-hybridized carbons (Fsp3) is 0.200. The maximum atomic E-state index is 12.1. The van der Waals surface area contributed by atoms with E-state index in [4.69, 9.17) is 9.25 Å². The first kappa shape index (κ1) is 32.8. The van der Waals surface area contributed by atoms with Gasteiger partial charge < -0.3 is 24.6 Å². The fourth-order valence-corrected chi connectivity index (χ4v) is 5.52. The molecule has 45 heavy (non-hydrogen) atoms. The molecule has 5 aromatic rings. The molecule has 0 saturated heterocycles. The van der Waals surface area contributed by atoms with Gasteiger partial charge in [0.1, 0.15) is 11.2 Å². The molecule has 0 fully saturated rings. The van der Waals surface area contributed by atoms with Crippen LogP contribution in [0.3, 0.4) is 0 Å². The predicted octanol–water partition coefficient (Wildman–Crippen LogP) is 7.13. The second kappa shape index (κ2) is 16.1. The summed E-state index contributed by atoms with van der Waals surface area (Å²) in [5.41, 5.74) is 1.58. The number of furan rings is 1. The van der Waals surface area contributed by atoms with Crippen LogP contribution in [0, 0.1) is 0 Å². The second-order valence-electron chi connectivity index (χ2n) is 9.73. The van der Waals surface area contributed by atoms with Crippen LogP contribution in [0.1, 0.15) is 53.7 Å². The van der Waals surface area contributed by atoms with Gasteiger partial charge in [-0.1, -0.05) is 117 Å². The van der Waals surface area contributed by atoms with E-state index in [1.165, 1.54) is 49.4 Å². The first-order valence-electron chi connectivity index (χ1n) is 14.6. The molecule has 0 spiro atoms. The Bertz CT molecular complexity index is 1550. The fourth-order valence-electron chi connectivity index (χ4n) is 4.77. The number of benzene rings is 3. The largest absolute Gasteiger partial charge is 0.476 e. The number of oxime groups is 1. The van der Waals surface area contributed by atoms with E-state index < -0.39 is 23.2 Å². The Labute approximate surface area is 266 Å². The van der Waals surface area contributed by atoms with Crippen LogP contribution in [-0.4, -0.2) is 52.3 Å². The van der Waals surface area contributed by atoms with Gasteiger partial charge in [0.25, 0.3) is 0 Å². The van der Waals surface area contributed by atoms with E-state index in [0.717, 1.165) is 16.7 Å². The highest BCUT2D eigenvalue weighted by molar-refractivity contribution is 7.14. The number of nitrogens with one attached hydrogen (secondary N) is 1. The van der Waals surface area contributed by atoms with Crippen molar-refractivity contribution in [2.45, 2.75) is 26.3 Å². The minimum absolute atomic E-state index is 0.0420. The van der Waals surface area contributed by atoms with Crippen molar-refractivity contribution in [1.82, 2.24) is 9.88 Å². The molecule has 2 N–H and O–H groups in total. The molecule has 2 heterocycles. The number of rotatable bonds is 12. The van der Waals surface area contributed by atoms with E-state index in [1.807, 2.05) is 91.0 Å². The SMILES string of the molecule is CCN(CC)CC.O=C(O)C(=NOC(=O)c1ccco1)c1csc(NC(c2ccccc2)(c2ccccc2)c2ccccc2)n1. The summed E-state index contributed by atoms with van der Waals surface area (Å²) >= 11 is 1.21. The van der Waals surface area contributed by atoms with Gasteiger partial charge in [-0.2, -0.15) is 0 Å². The molecular formula is C35H36N4O5S. The first-order chi connectivity index (χ1) is 21.9. The van der Waals surface area contributed by atoms with Gasteiger partial charge in [0, 0.05) is 5.38 Å². The molecule has 0 bridgehead atoms. The van der Waals surface area contributed by atoms with Crippen LogP contribution in [0.25, 0.3) is 0 Å². The zero-order valence-corrected chi connectivity index (χ0v) is 26.2. The zero-order chi connectivity index (χ0) is 32.1. The third-order valence-electron chi connectivity index (χ3n) is 7.15. The van der Waals surface area contributed by atoms with Crippen molar-refractivity contribution in [1.29, 1.82) is 0 Å². The quantitative estimate of drug-likeness (QED) is 0.0652. The van der Waals surface area contributed by atoms with E-state index in [1.54, 1.807) is 5.38 Å². The normalized spacial score (nSPS) is 11.4. The third kappa shape index (κ3) is 8.11. The lowest BCUT2D eigenvalue weighted by molar-refractivity contribution is -0.129. The van der Waals surface area contributed by atoms with E-state index in [2.05, 4.69) is 41.1 Å². The van der Waals surface area contributed by atoms with Crippen molar-refractivity contribution in [3.05, 3.63) is 143 Å². The minimum Gasteiger partial charge on any atom is -0.476 e. The highest BCUT2D eigenvalue weighted by Gasteiger charge is 2.37. The molecule has 0 amide bonds. The number of carboxylic acids is 1. The molecule has 0 aliphatic rings. The van der Waals surface area contributed by atoms with Crippen molar-refractivity contribution >= 4 is 34.1 Å². The number of carbonyl (C=O) groups excluding carboxylic acids is 1. The van der Waals surface area contributed by atoms with Crippen LogP contribution in [0.15, 0.2) is 124 Å². The summed E-state index contributed by atoms with van der Waals surface area (Å²) in [6.45, 7) is 10.1. The van der Waals surface area contributed by atoms with Crippen LogP contribution in [0.4, 0.5) is 5.13 Å². The van der Waals surface area contributed by atoms with E-state index in [-0.39, 0.29) is 11.5 Å². The molecule has 3 aromatic carbocycles. The maximum absolute atomic E-state index is 12.1. The van der Waals surface area contributed by atoms with Crippen molar-refractivity contribution in [3.8, 4) is 0 Å². The Morgan fingerprint density at radius 3 is 1.76 bits per heavy atom. The summed E-state index contributed by atoms with van der Waals surface area (Å²) in [5, 5.41) is 18.9. The number of anilines is 1. The van der Waals surface area contributed by atoms with E-state index in [0.29, 0.717) is 5.13 Å². The lowest BCUT2D eigenvalue weighted by Crippen LogP contribution is -2.38. The molecular weight excluding hydrogens is 588 g/mol. The number of hydrogen-bond donors (Lipinski definition) is 2. The second-order valence-corrected chi connectivity index (χ2v) is 10.6. The van der Waals surface area contributed by atoms with Gasteiger partial charge in [-0.25, -0.2) is 14.6 Å². The molecule has 5 rings (SSSR count). The molecule has 10 heteroatoms. The molecule has 0 radical (unpaired) electrons. The van der Waals surface area contributed by atoms with Crippen LogP contribution >= 0.6 is 11.3 Å². The Balaban J connectivity index is 0.000000591. The number of aromatic nitrogens is 1. The van der Waals surface area contributed by atoms with Gasteiger partial charge in [-0.15, -0.1) is 11.3 Å². The number of carbonyl (C=O) groups is 2. The number of aliphatic carboxylic acids is 1. The summed E-state index contributed by atoms with van der Waals surface area (Å²) in [7, 11) is 0. The van der Waals surface area contributed by atoms with Gasteiger partial charge in [0.05, 0.1) is 6.26 Å². The number of carboxylic acid groups (broad SMARTS) is 1. The van der Waals surface area contributed by atoms with Gasteiger partial charge in [-0.3, -0.25) is 0 Å². The Kier molecular flexibility index (Phi) is 11.8. The molecule has 9 nitrogen and oxygen atoms in total.